The molecule has 1 aliphatic heterocycles. The second-order valence-corrected chi connectivity index (χ2v) is 3.73. The maximum Gasteiger partial charge on any atom is 0.219 e. The second-order valence-electron chi connectivity index (χ2n) is 3.73. The van der Waals surface area contributed by atoms with Crippen LogP contribution in [0.4, 0.5) is 0 Å². The Morgan fingerprint density at radius 2 is 2.47 bits per heavy atom. The predicted octanol–water partition coefficient (Wildman–Crippen LogP) is 0.574. The molecule has 0 aliphatic carbocycles. The molecule has 0 spiro atoms. The Morgan fingerprint density at radius 1 is 1.60 bits per heavy atom. The van der Waals surface area contributed by atoms with Crippen LogP contribution in [0, 0.1) is 0 Å². The van der Waals surface area contributed by atoms with Crippen LogP contribution in [0.5, 0.6) is 0 Å². The van der Waals surface area contributed by atoms with Crippen LogP contribution in [0.25, 0.3) is 0 Å². The molecule has 15 heavy (non-hydrogen) atoms. The van der Waals surface area contributed by atoms with Gasteiger partial charge in [-0.3, -0.25) is 9.78 Å². The van der Waals surface area contributed by atoms with E-state index in [0.29, 0.717) is 6.54 Å². The number of piperazine rings is 1. The molecular weight excluding hydrogens is 190 g/mol. The molecule has 1 aromatic heterocycles. The summed E-state index contributed by atoms with van der Waals surface area (Å²) < 4.78 is 0. The number of rotatable bonds is 1. The maximum absolute atomic E-state index is 11.3. The number of hydrogen-bond acceptors (Lipinski definition) is 3. The summed E-state index contributed by atoms with van der Waals surface area (Å²) in [6.07, 6.45) is 1.78. The summed E-state index contributed by atoms with van der Waals surface area (Å²) in [6, 6.07) is 6.02. The van der Waals surface area contributed by atoms with E-state index in [9.17, 15) is 4.79 Å². The first-order chi connectivity index (χ1) is 7.27. The molecule has 1 aliphatic rings. The first-order valence-electron chi connectivity index (χ1n) is 5.17. The normalized spacial score (nSPS) is 21.4. The molecule has 0 saturated carbocycles. The molecule has 0 bridgehead atoms. The van der Waals surface area contributed by atoms with Gasteiger partial charge in [0.25, 0.3) is 0 Å². The fourth-order valence-corrected chi connectivity index (χ4v) is 1.82. The molecule has 0 aromatic carbocycles. The third-order valence-electron chi connectivity index (χ3n) is 2.67. The van der Waals surface area contributed by atoms with Crippen LogP contribution < -0.4 is 5.32 Å². The number of hydrogen-bond donors (Lipinski definition) is 1. The van der Waals surface area contributed by atoms with E-state index in [-0.39, 0.29) is 11.9 Å². The molecule has 2 heterocycles. The Kier molecular flexibility index (Phi) is 2.97. The summed E-state index contributed by atoms with van der Waals surface area (Å²) in [7, 11) is 0. The van der Waals surface area contributed by atoms with E-state index in [1.165, 1.54) is 0 Å². The fourth-order valence-electron chi connectivity index (χ4n) is 1.82. The minimum absolute atomic E-state index is 0.137. The highest BCUT2D eigenvalue weighted by molar-refractivity contribution is 5.73. The minimum atomic E-state index is 0.137. The molecule has 2 rings (SSSR count). The molecule has 1 aromatic rings. The zero-order valence-corrected chi connectivity index (χ0v) is 8.81. The van der Waals surface area contributed by atoms with Gasteiger partial charge in [0.05, 0.1) is 11.7 Å². The van der Waals surface area contributed by atoms with Gasteiger partial charge in [-0.2, -0.15) is 0 Å². The summed E-state index contributed by atoms with van der Waals surface area (Å²) in [4.78, 5) is 17.4. The van der Waals surface area contributed by atoms with Gasteiger partial charge in [-0.1, -0.05) is 6.07 Å². The van der Waals surface area contributed by atoms with Crippen molar-refractivity contribution in [3.8, 4) is 0 Å². The molecule has 0 radical (unpaired) electrons. The Bertz CT molecular complexity index is 339. The Hall–Kier alpha value is -1.42. The smallest absolute Gasteiger partial charge is 0.219 e. The lowest BCUT2D eigenvalue weighted by molar-refractivity contribution is -0.130. The first kappa shape index (κ1) is 10.1. The number of nitrogens with one attached hydrogen (secondary N) is 1. The molecule has 80 valence electrons. The van der Waals surface area contributed by atoms with Crippen molar-refractivity contribution in [2.75, 3.05) is 19.6 Å². The molecule has 1 fully saturated rings. The lowest BCUT2D eigenvalue weighted by Gasteiger charge is -2.32. The SMILES string of the molecule is CC(=O)N1CCNC(c2ccccn2)C1. The highest BCUT2D eigenvalue weighted by Crippen LogP contribution is 2.14. The predicted molar refractivity (Wildman–Crippen MR) is 57.2 cm³/mol. The third kappa shape index (κ3) is 2.33. The molecule has 1 atom stereocenters. The van der Waals surface area contributed by atoms with Crippen LogP contribution in [-0.2, 0) is 4.79 Å². The Morgan fingerprint density at radius 3 is 3.13 bits per heavy atom. The van der Waals surface area contributed by atoms with Gasteiger partial charge >= 0.3 is 0 Å². The third-order valence-corrected chi connectivity index (χ3v) is 2.67. The fraction of sp³-hybridized carbons (Fsp3) is 0.455. The molecule has 4 nitrogen and oxygen atoms in total. The molecule has 1 N–H and O–H groups in total. The molecule has 1 amide bonds. The topological polar surface area (TPSA) is 45.2 Å². The van der Waals surface area contributed by atoms with E-state index in [4.69, 9.17) is 0 Å². The summed E-state index contributed by atoms with van der Waals surface area (Å²) in [5.74, 6) is 0.137. The minimum Gasteiger partial charge on any atom is -0.340 e. The largest absolute Gasteiger partial charge is 0.340 e. The first-order valence-corrected chi connectivity index (χ1v) is 5.17. The van der Waals surface area contributed by atoms with Crippen molar-refractivity contribution in [1.82, 2.24) is 15.2 Å². The van der Waals surface area contributed by atoms with Gasteiger partial charge in [0.2, 0.25) is 5.91 Å². The van der Waals surface area contributed by atoms with E-state index in [2.05, 4.69) is 10.3 Å². The van der Waals surface area contributed by atoms with E-state index < -0.39 is 0 Å². The van der Waals surface area contributed by atoms with Crippen molar-refractivity contribution in [1.29, 1.82) is 0 Å². The van der Waals surface area contributed by atoms with Gasteiger partial charge in [-0.25, -0.2) is 0 Å². The average Bonchev–Trinajstić information content (AvgIpc) is 2.30. The lowest BCUT2D eigenvalue weighted by atomic mass is 10.1. The van der Waals surface area contributed by atoms with E-state index >= 15 is 0 Å². The molecule has 4 heteroatoms. The Balaban J connectivity index is 2.08. The van der Waals surface area contributed by atoms with Crippen molar-refractivity contribution >= 4 is 5.91 Å². The van der Waals surface area contributed by atoms with E-state index in [1.807, 2.05) is 23.1 Å². The zero-order chi connectivity index (χ0) is 10.7. The number of nitrogens with zero attached hydrogens (tertiary/aromatic N) is 2. The van der Waals surface area contributed by atoms with Gasteiger partial charge in [-0.15, -0.1) is 0 Å². The standard InChI is InChI=1S/C11H15N3O/c1-9(15)14-7-6-13-11(8-14)10-4-2-3-5-12-10/h2-5,11,13H,6-8H2,1H3. The lowest BCUT2D eigenvalue weighted by Crippen LogP contribution is -2.47. The summed E-state index contributed by atoms with van der Waals surface area (Å²) in [5, 5.41) is 3.36. The number of amides is 1. The number of aromatic nitrogens is 1. The van der Waals surface area contributed by atoms with E-state index in [1.54, 1.807) is 13.1 Å². The molecular formula is C11H15N3O. The Labute approximate surface area is 89.3 Å². The summed E-state index contributed by atoms with van der Waals surface area (Å²) >= 11 is 0. The molecule has 1 saturated heterocycles. The van der Waals surface area contributed by atoms with Gasteiger partial charge < -0.3 is 10.2 Å². The maximum atomic E-state index is 11.3. The quantitative estimate of drug-likeness (QED) is 0.729. The van der Waals surface area contributed by atoms with Crippen LogP contribution in [0.3, 0.4) is 0 Å². The molecule has 1 unspecified atom stereocenters. The highest BCUT2D eigenvalue weighted by Gasteiger charge is 2.22. The van der Waals surface area contributed by atoms with Crippen molar-refractivity contribution in [3.05, 3.63) is 30.1 Å². The zero-order valence-electron chi connectivity index (χ0n) is 8.81. The van der Waals surface area contributed by atoms with Crippen LogP contribution in [0.15, 0.2) is 24.4 Å². The van der Waals surface area contributed by atoms with Gasteiger partial charge in [0.1, 0.15) is 0 Å². The second kappa shape index (κ2) is 4.40. The van der Waals surface area contributed by atoms with Crippen molar-refractivity contribution in [3.63, 3.8) is 0 Å². The van der Waals surface area contributed by atoms with Crippen molar-refractivity contribution < 1.29 is 4.79 Å². The van der Waals surface area contributed by atoms with Crippen LogP contribution in [0.2, 0.25) is 0 Å². The summed E-state index contributed by atoms with van der Waals surface area (Å²) in [6.45, 7) is 3.95. The van der Waals surface area contributed by atoms with Gasteiger partial charge in [-0.05, 0) is 12.1 Å². The van der Waals surface area contributed by atoms with Crippen LogP contribution in [-0.4, -0.2) is 35.4 Å². The monoisotopic (exact) mass is 205 g/mol. The summed E-state index contributed by atoms with van der Waals surface area (Å²) in [5.41, 5.74) is 1.00. The highest BCUT2D eigenvalue weighted by atomic mass is 16.2. The average molecular weight is 205 g/mol. The van der Waals surface area contributed by atoms with Crippen molar-refractivity contribution in [2.24, 2.45) is 0 Å². The van der Waals surface area contributed by atoms with E-state index in [0.717, 1.165) is 18.8 Å². The van der Waals surface area contributed by atoms with Gasteiger partial charge in [0, 0.05) is 32.8 Å². The van der Waals surface area contributed by atoms with Gasteiger partial charge in [0.15, 0.2) is 0 Å². The van der Waals surface area contributed by atoms with Crippen molar-refractivity contribution in [2.45, 2.75) is 13.0 Å². The number of pyridine rings is 1. The van der Waals surface area contributed by atoms with Crippen LogP contribution in [0.1, 0.15) is 18.7 Å². The number of carbonyl (C=O) groups excluding carboxylic acids is 1. The van der Waals surface area contributed by atoms with Crippen LogP contribution >= 0.6 is 0 Å². The number of carbonyl (C=O) groups is 1.